The zero-order chi connectivity index (χ0) is 21.0. The van der Waals surface area contributed by atoms with E-state index in [0.717, 1.165) is 27.0 Å². The molecular weight excluding hydrogens is 408 g/mol. The Bertz CT molecular complexity index is 1340. The average molecular weight is 427 g/mol. The van der Waals surface area contributed by atoms with E-state index in [-0.39, 0.29) is 11.8 Å². The quantitative estimate of drug-likeness (QED) is 0.522. The van der Waals surface area contributed by atoms with Crippen LogP contribution in [-0.2, 0) is 10.2 Å². The molecule has 6 rings (SSSR count). The number of carbonyl (C=O) groups is 2. The Balaban J connectivity index is 1.53. The maximum absolute atomic E-state index is 13.9. The fourth-order valence-electron chi connectivity index (χ4n) is 5.12. The van der Waals surface area contributed by atoms with Gasteiger partial charge in [-0.25, -0.2) is 4.98 Å². The second-order valence-corrected chi connectivity index (χ2v) is 8.77. The van der Waals surface area contributed by atoms with E-state index >= 15 is 0 Å². The third-order valence-corrected chi connectivity index (χ3v) is 7.31. The highest BCUT2D eigenvalue weighted by atomic mass is 32.1. The second-order valence-electron chi connectivity index (χ2n) is 7.91. The number of hydrogen-bond donors (Lipinski definition) is 1. The number of hydrogen-bond acceptors (Lipinski definition) is 5. The summed E-state index contributed by atoms with van der Waals surface area (Å²) < 4.78 is 0.870. The standard InChI is InChI=1S/C24H18N4O2S/c29-22(16-6-3-9-19-20(16)31-14-26-19)28-12-10-24(21(28)15-5-4-11-25-13-15)17-7-1-2-8-18(17)27-23(24)30/h1-9,11,13-14,21H,10,12H2,(H,27,30). The Labute approximate surface area is 182 Å². The molecular formula is C24H18N4O2S. The molecule has 2 aliphatic heterocycles. The van der Waals surface area contributed by atoms with Gasteiger partial charge in [-0.3, -0.25) is 14.6 Å². The minimum atomic E-state index is -0.836. The number of pyridine rings is 1. The highest BCUT2D eigenvalue weighted by Gasteiger charge is 2.59. The molecule has 2 atom stereocenters. The van der Waals surface area contributed by atoms with Crippen LogP contribution < -0.4 is 5.32 Å². The van der Waals surface area contributed by atoms with E-state index in [1.54, 1.807) is 17.9 Å². The van der Waals surface area contributed by atoms with Crippen LogP contribution in [0.5, 0.6) is 0 Å². The predicted molar refractivity (Wildman–Crippen MR) is 119 cm³/mol. The van der Waals surface area contributed by atoms with E-state index < -0.39 is 11.5 Å². The third-order valence-electron chi connectivity index (χ3n) is 6.43. The van der Waals surface area contributed by atoms with Crippen LogP contribution in [0.2, 0.25) is 0 Å². The Morgan fingerprint density at radius 3 is 2.90 bits per heavy atom. The molecule has 2 aliphatic rings. The number of thiazole rings is 1. The summed E-state index contributed by atoms with van der Waals surface area (Å²) in [5.74, 6) is -0.147. The summed E-state index contributed by atoms with van der Waals surface area (Å²) in [5, 5.41) is 3.05. The molecule has 6 nitrogen and oxygen atoms in total. The summed E-state index contributed by atoms with van der Waals surface area (Å²) in [4.78, 5) is 37.8. The SMILES string of the molecule is O=C(c1cccc2ncsc12)N1CCC2(C(=O)Nc3ccccc32)C1c1cccnc1. The molecule has 2 aromatic heterocycles. The van der Waals surface area contributed by atoms with Gasteiger partial charge in [-0.1, -0.05) is 30.3 Å². The van der Waals surface area contributed by atoms with Crippen molar-refractivity contribution in [2.24, 2.45) is 0 Å². The normalized spacial score (nSPS) is 22.1. The van der Waals surface area contributed by atoms with Gasteiger partial charge < -0.3 is 10.2 Å². The first-order chi connectivity index (χ1) is 15.2. The molecule has 4 aromatic rings. The molecule has 1 N–H and O–H groups in total. The zero-order valence-electron chi connectivity index (χ0n) is 16.5. The Morgan fingerprint density at radius 1 is 1.13 bits per heavy atom. The van der Waals surface area contributed by atoms with E-state index in [1.165, 1.54) is 11.3 Å². The molecule has 2 amide bonds. The first-order valence-electron chi connectivity index (χ1n) is 10.1. The Hall–Kier alpha value is -3.58. The molecule has 1 fully saturated rings. The molecule has 7 heteroatoms. The van der Waals surface area contributed by atoms with Gasteiger partial charge in [-0.05, 0) is 41.8 Å². The molecule has 31 heavy (non-hydrogen) atoms. The van der Waals surface area contributed by atoms with Gasteiger partial charge in [-0.2, -0.15) is 0 Å². The number of fused-ring (bicyclic) bond motifs is 3. The largest absolute Gasteiger partial charge is 0.330 e. The highest BCUT2D eigenvalue weighted by Crippen LogP contribution is 2.55. The lowest BCUT2D eigenvalue weighted by molar-refractivity contribution is -0.121. The van der Waals surface area contributed by atoms with Gasteiger partial charge in [0.2, 0.25) is 5.91 Å². The lowest BCUT2D eigenvalue weighted by Gasteiger charge is -2.34. The fraction of sp³-hybridized carbons (Fsp3) is 0.167. The number of anilines is 1. The van der Waals surface area contributed by atoms with E-state index in [0.29, 0.717) is 18.5 Å². The van der Waals surface area contributed by atoms with E-state index in [1.807, 2.05) is 59.5 Å². The Morgan fingerprint density at radius 2 is 2.03 bits per heavy atom. The van der Waals surface area contributed by atoms with Crippen molar-refractivity contribution in [3.05, 3.63) is 89.2 Å². The first-order valence-corrected chi connectivity index (χ1v) is 11.0. The van der Waals surface area contributed by atoms with Gasteiger partial charge in [0, 0.05) is 24.6 Å². The van der Waals surface area contributed by atoms with Gasteiger partial charge in [0.1, 0.15) is 5.41 Å². The van der Waals surface area contributed by atoms with Gasteiger partial charge in [0.25, 0.3) is 5.91 Å². The molecule has 0 aliphatic carbocycles. The summed E-state index contributed by atoms with van der Waals surface area (Å²) in [6, 6.07) is 16.8. The number of para-hydroxylation sites is 1. The van der Waals surface area contributed by atoms with Crippen LogP contribution in [0.3, 0.4) is 0 Å². The average Bonchev–Trinajstić information content (AvgIpc) is 3.51. The van der Waals surface area contributed by atoms with Crippen LogP contribution in [0, 0.1) is 0 Å². The third kappa shape index (κ3) is 2.50. The van der Waals surface area contributed by atoms with Crippen molar-refractivity contribution in [2.75, 3.05) is 11.9 Å². The molecule has 1 spiro atoms. The summed E-state index contributed by atoms with van der Waals surface area (Å²) >= 11 is 1.46. The molecule has 0 radical (unpaired) electrons. The van der Waals surface area contributed by atoms with Gasteiger partial charge in [-0.15, -0.1) is 11.3 Å². The van der Waals surface area contributed by atoms with E-state index in [4.69, 9.17) is 0 Å². The number of carbonyl (C=O) groups excluding carboxylic acids is 2. The van der Waals surface area contributed by atoms with E-state index in [9.17, 15) is 9.59 Å². The number of benzene rings is 2. The predicted octanol–water partition coefficient (Wildman–Crippen LogP) is 4.17. The molecule has 2 unspecified atom stereocenters. The van der Waals surface area contributed by atoms with Crippen LogP contribution >= 0.6 is 11.3 Å². The van der Waals surface area contributed by atoms with Gasteiger partial charge in [0.05, 0.1) is 27.3 Å². The van der Waals surface area contributed by atoms with Crippen molar-refractivity contribution in [2.45, 2.75) is 17.9 Å². The van der Waals surface area contributed by atoms with Crippen LogP contribution in [-0.4, -0.2) is 33.2 Å². The number of likely N-dealkylation sites (tertiary alicyclic amines) is 1. The van der Waals surface area contributed by atoms with Crippen LogP contribution in [0.1, 0.15) is 33.9 Å². The van der Waals surface area contributed by atoms with Crippen molar-refractivity contribution >= 4 is 39.1 Å². The smallest absolute Gasteiger partial charge is 0.255 e. The fourth-order valence-corrected chi connectivity index (χ4v) is 5.91. The molecule has 152 valence electrons. The number of aromatic nitrogens is 2. The molecule has 1 saturated heterocycles. The lowest BCUT2D eigenvalue weighted by atomic mass is 9.73. The van der Waals surface area contributed by atoms with Gasteiger partial charge in [0.15, 0.2) is 0 Å². The van der Waals surface area contributed by atoms with Crippen LogP contribution in [0.4, 0.5) is 5.69 Å². The number of nitrogens with one attached hydrogen (secondary N) is 1. The van der Waals surface area contributed by atoms with Crippen molar-refractivity contribution in [3.8, 4) is 0 Å². The Kier molecular flexibility index (Phi) is 3.94. The minimum Gasteiger partial charge on any atom is -0.330 e. The van der Waals surface area contributed by atoms with Crippen molar-refractivity contribution in [1.82, 2.24) is 14.9 Å². The maximum Gasteiger partial charge on any atom is 0.255 e. The summed E-state index contributed by atoms with van der Waals surface area (Å²) in [7, 11) is 0. The summed E-state index contributed by atoms with van der Waals surface area (Å²) in [6.07, 6.45) is 4.03. The molecule has 0 saturated carbocycles. The highest BCUT2D eigenvalue weighted by molar-refractivity contribution is 7.17. The van der Waals surface area contributed by atoms with E-state index in [2.05, 4.69) is 15.3 Å². The summed E-state index contributed by atoms with van der Waals surface area (Å²) in [5.41, 5.74) is 4.98. The lowest BCUT2D eigenvalue weighted by Crippen LogP contribution is -2.42. The summed E-state index contributed by atoms with van der Waals surface area (Å²) in [6.45, 7) is 0.481. The number of nitrogens with zero attached hydrogens (tertiary/aromatic N) is 3. The first kappa shape index (κ1) is 18.2. The maximum atomic E-state index is 13.9. The second kappa shape index (κ2) is 6.72. The van der Waals surface area contributed by atoms with Crippen LogP contribution in [0.15, 0.2) is 72.5 Å². The van der Waals surface area contributed by atoms with Crippen molar-refractivity contribution < 1.29 is 9.59 Å². The minimum absolute atomic E-state index is 0.0612. The topological polar surface area (TPSA) is 75.2 Å². The number of amides is 2. The number of rotatable bonds is 2. The molecule has 0 bridgehead atoms. The van der Waals surface area contributed by atoms with Crippen LogP contribution in [0.25, 0.3) is 10.2 Å². The van der Waals surface area contributed by atoms with Crippen molar-refractivity contribution in [1.29, 1.82) is 0 Å². The zero-order valence-corrected chi connectivity index (χ0v) is 17.3. The monoisotopic (exact) mass is 426 g/mol. The molecule has 2 aromatic carbocycles. The van der Waals surface area contributed by atoms with Gasteiger partial charge >= 0.3 is 0 Å². The molecule has 4 heterocycles. The van der Waals surface area contributed by atoms with Crippen molar-refractivity contribution in [3.63, 3.8) is 0 Å².